The van der Waals surface area contributed by atoms with E-state index < -0.39 is 25.0 Å². The Morgan fingerprint density at radius 1 is 0.897 bits per heavy atom. The van der Waals surface area contributed by atoms with Crippen molar-refractivity contribution < 1.29 is 33.3 Å². The van der Waals surface area contributed by atoms with Crippen molar-refractivity contribution in [1.82, 2.24) is 5.32 Å². The smallest absolute Gasteiger partial charge is 0.325 e. The summed E-state index contributed by atoms with van der Waals surface area (Å²) in [5, 5.41) is 2.91. The zero-order valence-corrected chi connectivity index (χ0v) is 16.9. The summed E-state index contributed by atoms with van der Waals surface area (Å²) in [4.78, 5) is 36.1. The number of methoxy groups -OCH3 is 3. The fourth-order valence-corrected chi connectivity index (χ4v) is 2.51. The van der Waals surface area contributed by atoms with Gasteiger partial charge in [-0.15, -0.1) is 0 Å². The van der Waals surface area contributed by atoms with E-state index >= 15 is 0 Å². The highest BCUT2D eigenvalue weighted by molar-refractivity contribution is 6.30. The van der Waals surface area contributed by atoms with Gasteiger partial charge in [-0.3, -0.25) is 14.4 Å². The average Bonchev–Trinajstić information content (AvgIpc) is 2.74. The molecule has 1 amide bonds. The van der Waals surface area contributed by atoms with Gasteiger partial charge in [0.2, 0.25) is 5.75 Å². The fourth-order valence-electron chi connectivity index (χ4n) is 2.38. The number of hydrogen-bond acceptors (Lipinski definition) is 7. The molecule has 0 radical (unpaired) electrons. The number of benzene rings is 2. The van der Waals surface area contributed by atoms with Gasteiger partial charge in [0.15, 0.2) is 23.9 Å². The topological polar surface area (TPSA) is 100 Å². The van der Waals surface area contributed by atoms with Gasteiger partial charge in [0.1, 0.15) is 6.54 Å². The summed E-state index contributed by atoms with van der Waals surface area (Å²) >= 11 is 5.76. The van der Waals surface area contributed by atoms with Gasteiger partial charge in [0, 0.05) is 16.1 Å². The molecule has 0 unspecified atom stereocenters. The maximum Gasteiger partial charge on any atom is 0.325 e. The largest absolute Gasteiger partial charge is 0.493 e. The number of carbonyl (C=O) groups is 3. The van der Waals surface area contributed by atoms with Crippen molar-refractivity contribution in [3.05, 3.63) is 52.5 Å². The van der Waals surface area contributed by atoms with Crippen molar-refractivity contribution in [2.24, 2.45) is 0 Å². The lowest BCUT2D eigenvalue weighted by molar-refractivity contribution is -0.141. The SMILES string of the molecule is COc1cc(C(=O)NCC(=O)OCC(=O)c2ccc(Cl)cc2)cc(OC)c1OC. The number of ether oxygens (including phenoxy) is 4. The van der Waals surface area contributed by atoms with Crippen molar-refractivity contribution in [3.8, 4) is 17.2 Å². The molecule has 0 fully saturated rings. The van der Waals surface area contributed by atoms with Crippen LogP contribution in [0.3, 0.4) is 0 Å². The molecule has 154 valence electrons. The number of carbonyl (C=O) groups excluding carboxylic acids is 3. The first kappa shape index (κ1) is 22.0. The molecule has 1 N–H and O–H groups in total. The lowest BCUT2D eigenvalue weighted by atomic mass is 10.1. The van der Waals surface area contributed by atoms with Crippen molar-refractivity contribution in [2.75, 3.05) is 34.5 Å². The number of halogens is 1. The molecule has 0 saturated heterocycles. The number of amides is 1. The molecule has 0 bridgehead atoms. The van der Waals surface area contributed by atoms with Gasteiger partial charge in [-0.1, -0.05) is 11.6 Å². The lowest BCUT2D eigenvalue weighted by Gasteiger charge is -2.14. The molecule has 29 heavy (non-hydrogen) atoms. The highest BCUT2D eigenvalue weighted by Gasteiger charge is 2.18. The van der Waals surface area contributed by atoms with Crippen LogP contribution in [0.15, 0.2) is 36.4 Å². The third-order valence-electron chi connectivity index (χ3n) is 3.85. The van der Waals surface area contributed by atoms with Gasteiger partial charge in [-0.25, -0.2) is 0 Å². The van der Waals surface area contributed by atoms with Crippen molar-refractivity contribution in [2.45, 2.75) is 0 Å². The second kappa shape index (κ2) is 10.3. The molecular formula is C20H20ClNO7. The lowest BCUT2D eigenvalue weighted by Crippen LogP contribution is -2.31. The number of Topliss-reactive ketones (excluding diaryl/α,β-unsaturated/α-hetero) is 1. The van der Waals surface area contributed by atoms with Crippen molar-refractivity contribution >= 4 is 29.3 Å². The molecule has 0 spiro atoms. The van der Waals surface area contributed by atoms with E-state index in [-0.39, 0.29) is 11.3 Å². The molecule has 0 aliphatic carbocycles. The Bertz CT molecular complexity index is 871. The second-order valence-electron chi connectivity index (χ2n) is 5.69. The van der Waals surface area contributed by atoms with Crippen LogP contribution in [0.25, 0.3) is 0 Å². The maximum atomic E-state index is 12.3. The van der Waals surface area contributed by atoms with Crippen LogP contribution in [-0.2, 0) is 9.53 Å². The Kier molecular flexibility index (Phi) is 7.85. The number of hydrogen-bond donors (Lipinski definition) is 1. The highest BCUT2D eigenvalue weighted by Crippen LogP contribution is 2.38. The zero-order chi connectivity index (χ0) is 21.4. The van der Waals surface area contributed by atoms with E-state index in [0.717, 1.165) is 0 Å². The second-order valence-corrected chi connectivity index (χ2v) is 6.12. The summed E-state index contributed by atoms with van der Waals surface area (Å²) in [6.07, 6.45) is 0. The maximum absolute atomic E-state index is 12.3. The molecule has 2 aromatic rings. The molecule has 0 atom stereocenters. The van der Waals surface area contributed by atoms with Gasteiger partial charge in [0.05, 0.1) is 21.3 Å². The van der Waals surface area contributed by atoms with Crippen molar-refractivity contribution in [3.63, 3.8) is 0 Å². The number of ketones is 1. The summed E-state index contributed by atoms with van der Waals surface area (Å²) in [7, 11) is 4.30. The molecule has 0 aliphatic heterocycles. The van der Waals surface area contributed by atoms with Crippen molar-refractivity contribution in [1.29, 1.82) is 0 Å². The van der Waals surface area contributed by atoms with E-state index in [2.05, 4.69) is 5.32 Å². The summed E-state index contributed by atoms with van der Waals surface area (Å²) < 4.78 is 20.5. The number of nitrogens with one attached hydrogen (secondary N) is 1. The monoisotopic (exact) mass is 421 g/mol. The minimum Gasteiger partial charge on any atom is -0.493 e. The Morgan fingerprint density at radius 3 is 2.00 bits per heavy atom. The number of esters is 1. The molecule has 9 heteroatoms. The Balaban J connectivity index is 1.92. The molecule has 0 aliphatic rings. The molecule has 0 aromatic heterocycles. The molecule has 2 rings (SSSR count). The predicted molar refractivity (Wildman–Crippen MR) is 105 cm³/mol. The van der Waals surface area contributed by atoms with Gasteiger partial charge in [-0.05, 0) is 36.4 Å². The van der Waals surface area contributed by atoms with E-state index in [1.807, 2.05) is 0 Å². The van der Waals surface area contributed by atoms with Gasteiger partial charge in [0.25, 0.3) is 5.91 Å². The highest BCUT2D eigenvalue weighted by atomic mass is 35.5. The first-order valence-electron chi connectivity index (χ1n) is 8.42. The number of rotatable bonds is 9. The van der Waals surface area contributed by atoms with Gasteiger partial charge >= 0.3 is 5.97 Å². The average molecular weight is 422 g/mol. The Hall–Kier alpha value is -3.26. The summed E-state index contributed by atoms with van der Waals surface area (Å²) in [6.45, 7) is -0.857. The third-order valence-corrected chi connectivity index (χ3v) is 4.10. The minimum atomic E-state index is -0.756. The molecule has 2 aromatic carbocycles. The molecular weight excluding hydrogens is 402 g/mol. The van der Waals surface area contributed by atoms with Crippen LogP contribution in [-0.4, -0.2) is 52.1 Å². The van der Waals surface area contributed by atoms with Crippen LogP contribution in [0.5, 0.6) is 17.2 Å². The molecule has 0 heterocycles. The van der Waals surface area contributed by atoms with E-state index in [1.165, 1.54) is 45.6 Å². The normalized spacial score (nSPS) is 10.1. The van der Waals surface area contributed by atoms with Crippen LogP contribution in [0.4, 0.5) is 0 Å². The third kappa shape index (κ3) is 5.86. The summed E-state index contributed by atoms with van der Waals surface area (Å²) in [6, 6.07) is 9.09. The quantitative estimate of drug-likeness (QED) is 0.490. The fraction of sp³-hybridized carbons (Fsp3) is 0.250. The first-order valence-corrected chi connectivity index (χ1v) is 8.80. The van der Waals surface area contributed by atoms with Crippen LogP contribution < -0.4 is 19.5 Å². The summed E-state index contributed by atoms with van der Waals surface area (Å²) in [5.41, 5.74) is 0.563. The van der Waals surface area contributed by atoms with Crippen LogP contribution >= 0.6 is 11.6 Å². The Morgan fingerprint density at radius 2 is 1.48 bits per heavy atom. The molecule has 8 nitrogen and oxygen atoms in total. The Labute approximate surface area is 172 Å². The summed E-state index contributed by atoms with van der Waals surface area (Å²) in [5.74, 6) is -0.753. The van der Waals surface area contributed by atoms with E-state index in [4.69, 9.17) is 30.5 Å². The van der Waals surface area contributed by atoms with E-state index in [9.17, 15) is 14.4 Å². The predicted octanol–water partition coefficient (Wildman–Crippen LogP) is 2.52. The van der Waals surface area contributed by atoms with Gasteiger partial charge in [-0.2, -0.15) is 0 Å². The van der Waals surface area contributed by atoms with Crippen LogP contribution in [0.1, 0.15) is 20.7 Å². The standard InChI is InChI=1S/C20H20ClNO7/c1-26-16-8-13(9-17(27-2)19(16)28-3)20(25)22-10-18(24)29-11-15(23)12-4-6-14(21)7-5-12/h4-9H,10-11H2,1-3H3,(H,22,25). The zero-order valence-electron chi connectivity index (χ0n) is 16.1. The first-order chi connectivity index (χ1) is 13.9. The van der Waals surface area contributed by atoms with E-state index in [1.54, 1.807) is 12.1 Å². The minimum absolute atomic E-state index is 0.199. The van der Waals surface area contributed by atoms with Crippen LogP contribution in [0, 0.1) is 0 Å². The molecule has 0 saturated carbocycles. The van der Waals surface area contributed by atoms with E-state index in [0.29, 0.717) is 27.8 Å². The van der Waals surface area contributed by atoms with Crippen LogP contribution in [0.2, 0.25) is 5.02 Å². The van der Waals surface area contributed by atoms with Gasteiger partial charge < -0.3 is 24.3 Å².